The van der Waals surface area contributed by atoms with Gasteiger partial charge in [-0.25, -0.2) is 0 Å². The van der Waals surface area contributed by atoms with Crippen LogP contribution in [0.25, 0.3) is 6.08 Å². The second-order valence-electron chi connectivity index (χ2n) is 4.84. The van der Waals surface area contributed by atoms with Gasteiger partial charge in [0.1, 0.15) is 4.32 Å². The molecule has 1 fully saturated rings. The maximum absolute atomic E-state index is 12.3. The number of amides is 1. The van der Waals surface area contributed by atoms with Crippen LogP contribution in [0.4, 0.5) is 0 Å². The number of aryl methyl sites for hydroxylation is 2. The van der Waals surface area contributed by atoms with Crippen LogP contribution in [-0.4, -0.2) is 32.7 Å². The quantitative estimate of drug-likeness (QED) is 0.682. The smallest absolute Gasteiger partial charge is 0.305 e. The minimum Gasteiger partial charge on any atom is -0.481 e. The minimum absolute atomic E-state index is 0.108. The van der Waals surface area contributed by atoms with Crippen LogP contribution in [-0.2, 0) is 9.59 Å². The number of nitrogens with zero attached hydrogens (tertiary/aromatic N) is 1. The molecule has 1 aromatic carbocycles. The van der Waals surface area contributed by atoms with Crippen molar-refractivity contribution in [2.75, 3.05) is 6.54 Å². The maximum Gasteiger partial charge on any atom is 0.305 e. The number of hydrogen-bond donors (Lipinski definition) is 1. The van der Waals surface area contributed by atoms with Crippen LogP contribution >= 0.6 is 24.0 Å². The Kier molecular flexibility index (Phi) is 4.80. The third-order valence-electron chi connectivity index (χ3n) is 3.14. The van der Waals surface area contributed by atoms with Crippen LogP contribution in [0, 0.1) is 13.8 Å². The second-order valence-corrected chi connectivity index (χ2v) is 6.51. The van der Waals surface area contributed by atoms with E-state index in [0.29, 0.717) is 9.23 Å². The first-order valence-electron chi connectivity index (χ1n) is 6.43. The highest BCUT2D eigenvalue weighted by molar-refractivity contribution is 8.26. The molecule has 6 heteroatoms. The summed E-state index contributed by atoms with van der Waals surface area (Å²) in [4.78, 5) is 24.8. The van der Waals surface area contributed by atoms with Gasteiger partial charge in [-0.1, -0.05) is 47.7 Å². The first kappa shape index (κ1) is 15.7. The summed E-state index contributed by atoms with van der Waals surface area (Å²) in [7, 11) is 0. The third-order valence-corrected chi connectivity index (χ3v) is 4.52. The van der Waals surface area contributed by atoms with Gasteiger partial charge in [-0.05, 0) is 31.1 Å². The lowest BCUT2D eigenvalue weighted by molar-refractivity contribution is -0.137. The Hall–Kier alpha value is -1.66. The average molecular weight is 321 g/mol. The molecule has 0 aromatic heterocycles. The fourth-order valence-electron chi connectivity index (χ4n) is 1.96. The van der Waals surface area contributed by atoms with Crippen molar-refractivity contribution in [3.63, 3.8) is 0 Å². The van der Waals surface area contributed by atoms with E-state index in [4.69, 9.17) is 17.3 Å². The zero-order chi connectivity index (χ0) is 15.6. The lowest BCUT2D eigenvalue weighted by Gasteiger charge is -2.12. The molecule has 110 valence electrons. The number of carbonyl (C=O) groups excluding carboxylic acids is 1. The van der Waals surface area contributed by atoms with Gasteiger partial charge in [0.25, 0.3) is 5.91 Å². The molecule has 1 amide bonds. The molecule has 1 saturated heterocycles. The molecule has 1 aliphatic rings. The molecule has 0 unspecified atom stereocenters. The Labute approximate surface area is 132 Å². The SMILES string of the molecule is Cc1ccc(C)c(/C=C2\SC(=S)N(CCC(=O)O)C2=O)c1. The van der Waals surface area contributed by atoms with E-state index in [1.807, 2.05) is 38.1 Å². The van der Waals surface area contributed by atoms with Gasteiger partial charge in [0.2, 0.25) is 0 Å². The number of thioether (sulfide) groups is 1. The highest BCUT2D eigenvalue weighted by Crippen LogP contribution is 2.33. The summed E-state index contributed by atoms with van der Waals surface area (Å²) in [5, 5.41) is 8.71. The average Bonchev–Trinajstić information content (AvgIpc) is 2.66. The van der Waals surface area contributed by atoms with Gasteiger partial charge >= 0.3 is 5.97 Å². The lowest BCUT2D eigenvalue weighted by Crippen LogP contribution is -2.30. The molecule has 0 saturated carbocycles. The molecule has 1 aromatic rings. The zero-order valence-electron chi connectivity index (χ0n) is 11.8. The number of rotatable bonds is 4. The molecular weight excluding hydrogens is 306 g/mol. The van der Waals surface area contributed by atoms with Crippen molar-refractivity contribution in [3.8, 4) is 0 Å². The zero-order valence-corrected chi connectivity index (χ0v) is 13.4. The van der Waals surface area contributed by atoms with Gasteiger partial charge in [-0.15, -0.1) is 0 Å². The number of aliphatic carboxylic acids is 1. The summed E-state index contributed by atoms with van der Waals surface area (Å²) >= 11 is 6.37. The van der Waals surface area contributed by atoms with Gasteiger partial charge in [0.15, 0.2) is 0 Å². The largest absolute Gasteiger partial charge is 0.481 e. The van der Waals surface area contributed by atoms with Gasteiger partial charge < -0.3 is 5.11 Å². The fraction of sp³-hybridized carbons (Fsp3) is 0.267. The molecule has 0 atom stereocenters. The molecular formula is C15H15NO3S2. The van der Waals surface area contributed by atoms with Crippen LogP contribution < -0.4 is 0 Å². The summed E-state index contributed by atoms with van der Waals surface area (Å²) in [5.41, 5.74) is 3.18. The van der Waals surface area contributed by atoms with E-state index in [1.54, 1.807) is 0 Å². The summed E-state index contributed by atoms with van der Waals surface area (Å²) in [6, 6.07) is 6.04. The van der Waals surface area contributed by atoms with E-state index >= 15 is 0 Å². The molecule has 0 aliphatic carbocycles. The number of thiocarbonyl (C=S) groups is 1. The Morgan fingerprint density at radius 2 is 2.14 bits per heavy atom. The van der Waals surface area contributed by atoms with Crippen molar-refractivity contribution in [3.05, 3.63) is 39.8 Å². The fourth-order valence-corrected chi connectivity index (χ4v) is 3.26. The van der Waals surface area contributed by atoms with Crippen LogP contribution in [0.1, 0.15) is 23.1 Å². The van der Waals surface area contributed by atoms with Crippen molar-refractivity contribution in [1.82, 2.24) is 4.90 Å². The topological polar surface area (TPSA) is 57.6 Å². The minimum atomic E-state index is -0.942. The van der Waals surface area contributed by atoms with Crippen molar-refractivity contribution in [2.24, 2.45) is 0 Å². The van der Waals surface area contributed by atoms with Gasteiger partial charge in [0.05, 0.1) is 11.3 Å². The number of benzene rings is 1. The Morgan fingerprint density at radius 3 is 2.81 bits per heavy atom. The van der Waals surface area contributed by atoms with E-state index in [0.717, 1.165) is 16.7 Å². The molecule has 2 rings (SSSR count). The molecule has 1 aliphatic heterocycles. The molecule has 4 nitrogen and oxygen atoms in total. The Balaban J connectivity index is 2.23. The van der Waals surface area contributed by atoms with E-state index < -0.39 is 5.97 Å². The number of carbonyl (C=O) groups is 2. The van der Waals surface area contributed by atoms with Crippen molar-refractivity contribution < 1.29 is 14.7 Å². The number of carboxylic acids is 1. The van der Waals surface area contributed by atoms with Gasteiger partial charge in [-0.2, -0.15) is 0 Å². The third kappa shape index (κ3) is 3.71. The van der Waals surface area contributed by atoms with Gasteiger partial charge in [-0.3, -0.25) is 14.5 Å². The first-order chi connectivity index (χ1) is 9.88. The van der Waals surface area contributed by atoms with E-state index in [-0.39, 0.29) is 18.9 Å². The van der Waals surface area contributed by atoms with Crippen LogP contribution in [0.3, 0.4) is 0 Å². The normalized spacial score (nSPS) is 16.9. The second kappa shape index (κ2) is 6.41. The van der Waals surface area contributed by atoms with Crippen LogP contribution in [0.5, 0.6) is 0 Å². The van der Waals surface area contributed by atoms with Crippen LogP contribution in [0.15, 0.2) is 23.1 Å². The molecule has 1 N–H and O–H groups in total. The van der Waals surface area contributed by atoms with E-state index in [2.05, 4.69) is 0 Å². The highest BCUT2D eigenvalue weighted by atomic mass is 32.2. The molecule has 0 spiro atoms. The molecule has 0 bridgehead atoms. The number of carboxylic acid groups (broad SMARTS) is 1. The van der Waals surface area contributed by atoms with Crippen molar-refractivity contribution in [1.29, 1.82) is 0 Å². The summed E-state index contributed by atoms with van der Waals surface area (Å²) in [5.74, 6) is -1.16. The van der Waals surface area contributed by atoms with E-state index in [9.17, 15) is 9.59 Å². The van der Waals surface area contributed by atoms with Gasteiger partial charge in [0, 0.05) is 6.54 Å². The number of hydrogen-bond acceptors (Lipinski definition) is 4. The van der Waals surface area contributed by atoms with Crippen LogP contribution in [0.2, 0.25) is 0 Å². The predicted octanol–water partition coefficient (Wildman–Crippen LogP) is 2.98. The van der Waals surface area contributed by atoms with Crippen molar-refractivity contribution >= 4 is 46.3 Å². The monoisotopic (exact) mass is 321 g/mol. The lowest BCUT2D eigenvalue weighted by atomic mass is 10.1. The summed E-state index contributed by atoms with van der Waals surface area (Å²) < 4.78 is 0.415. The Morgan fingerprint density at radius 1 is 1.43 bits per heavy atom. The highest BCUT2D eigenvalue weighted by Gasteiger charge is 2.32. The molecule has 21 heavy (non-hydrogen) atoms. The molecule has 1 heterocycles. The standard InChI is InChI=1S/C15H15NO3S2/c1-9-3-4-10(2)11(7-9)8-12-14(19)16(15(20)21-12)6-5-13(17)18/h3-4,7-8H,5-6H2,1-2H3,(H,17,18)/b12-8-. The summed E-state index contributed by atoms with van der Waals surface area (Å²) in [6.45, 7) is 4.09. The maximum atomic E-state index is 12.3. The first-order valence-corrected chi connectivity index (χ1v) is 7.65. The molecule has 0 radical (unpaired) electrons. The summed E-state index contributed by atoms with van der Waals surface area (Å²) in [6.07, 6.45) is 1.71. The van der Waals surface area contributed by atoms with Crippen molar-refractivity contribution in [2.45, 2.75) is 20.3 Å². The Bertz CT molecular complexity index is 652. The predicted molar refractivity (Wildman–Crippen MR) is 88.0 cm³/mol. The van der Waals surface area contributed by atoms with E-state index in [1.165, 1.54) is 16.7 Å².